The summed E-state index contributed by atoms with van der Waals surface area (Å²) >= 11 is 0. The van der Waals surface area contributed by atoms with Crippen LogP contribution in [-0.2, 0) is 32.8 Å². The fraction of sp³-hybridized carbons (Fsp3) is 1.00. The van der Waals surface area contributed by atoms with Crippen LogP contribution in [-0.4, -0.2) is 103 Å². The summed E-state index contributed by atoms with van der Waals surface area (Å²) in [6.45, 7) is 7.08. The van der Waals surface area contributed by atoms with E-state index in [4.69, 9.17) is 33.9 Å². The van der Waals surface area contributed by atoms with Gasteiger partial charge in [0.25, 0.3) is 0 Å². The zero-order valence-corrected chi connectivity index (χ0v) is 19.8. The summed E-state index contributed by atoms with van der Waals surface area (Å²) in [6.07, 6.45) is -2.87. The van der Waals surface area contributed by atoms with Gasteiger partial charge < -0.3 is 39.0 Å². The fourth-order valence-corrected chi connectivity index (χ4v) is 4.89. The van der Waals surface area contributed by atoms with Crippen molar-refractivity contribution >= 4 is 15.6 Å². The molecule has 0 aromatic carbocycles. The lowest BCUT2D eigenvalue weighted by atomic mass is 10.1. The highest BCUT2D eigenvalue weighted by Crippen LogP contribution is 2.40. The highest BCUT2D eigenvalue weighted by atomic mass is 31.1. The first-order valence-electron chi connectivity index (χ1n) is 9.95. The van der Waals surface area contributed by atoms with Crippen LogP contribution >= 0.6 is 15.6 Å². The number of methoxy groups -OCH3 is 1. The zero-order chi connectivity index (χ0) is 22.6. The van der Waals surface area contributed by atoms with E-state index in [0.717, 1.165) is 0 Å². The topological polar surface area (TPSA) is 141 Å². The summed E-state index contributed by atoms with van der Waals surface area (Å²) in [5.41, 5.74) is 0. The van der Waals surface area contributed by atoms with Gasteiger partial charge in [-0.15, -0.1) is 0 Å². The Morgan fingerprint density at radius 3 is 1.87 bits per heavy atom. The molecule has 30 heavy (non-hydrogen) atoms. The van der Waals surface area contributed by atoms with E-state index in [9.17, 15) is 14.2 Å². The van der Waals surface area contributed by atoms with Crippen molar-refractivity contribution in [2.75, 3.05) is 32.8 Å². The van der Waals surface area contributed by atoms with Crippen LogP contribution in [0.2, 0.25) is 0 Å². The third-order valence-corrected chi connectivity index (χ3v) is 6.91. The van der Waals surface area contributed by atoms with Gasteiger partial charge in [-0.05, 0) is 13.8 Å². The minimum absolute atomic E-state index is 0.0920. The molecule has 174 valence electrons. The van der Waals surface area contributed by atoms with Crippen LogP contribution < -0.4 is 0 Å². The molecule has 0 radical (unpaired) electrons. The molecule has 3 saturated heterocycles. The number of hydrogen-bond acceptors (Lipinski definition) is 10. The van der Waals surface area contributed by atoms with Crippen molar-refractivity contribution in [3.05, 3.63) is 0 Å². The fourth-order valence-electron chi connectivity index (χ4n) is 3.65. The van der Waals surface area contributed by atoms with Crippen LogP contribution in [0.15, 0.2) is 0 Å². The van der Waals surface area contributed by atoms with E-state index in [1.807, 2.05) is 13.8 Å². The van der Waals surface area contributed by atoms with Gasteiger partial charge in [0.15, 0.2) is 18.4 Å². The number of aliphatic hydroxyl groups excluding tert-OH is 3. The average Bonchev–Trinajstić information content (AvgIpc) is 3.22. The first kappa shape index (κ1) is 26.1. The normalized spacial score (nSPS) is 40.5. The Kier molecular flexibility index (Phi) is 9.71. The van der Waals surface area contributed by atoms with Crippen molar-refractivity contribution in [2.24, 2.45) is 0 Å². The molecule has 3 aliphatic rings. The van der Waals surface area contributed by atoms with Crippen molar-refractivity contribution < 1.29 is 48.1 Å². The van der Waals surface area contributed by atoms with Crippen LogP contribution in [0.3, 0.4) is 0 Å². The molecule has 0 saturated carbocycles. The second kappa shape index (κ2) is 11.1. The Hall–Kier alpha value is -0.120. The number of hydrogen-bond donors (Lipinski definition) is 3. The molecule has 0 aromatic heterocycles. The third-order valence-electron chi connectivity index (χ3n) is 5.13. The molecule has 12 heteroatoms. The molecule has 3 aliphatic heterocycles. The molecule has 3 rings (SSSR count). The maximum atomic E-state index is 11.2. The van der Waals surface area contributed by atoms with E-state index in [1.54, 1.807) is 20.4 Å². The Bertz CT molecular complexity index is 604. The van der Waals surface area contributed by atoms with Gasteiger partial charge in [-0.3, -0.25) is 0 Å². The Morgan fingerprint density at radius 2 is 1.40 bits per heavy atom. The molecule has 0 aromatic rings. The van der Waals surface area contributed by atoms with Crippen LogP contribution in [0.4, 0.5) is 0 Å². The van der Waals surface area contributed by atoms with E-state index in [1.165, 1.54) is 0 Å². The zero-order valence-electron chi connectivity index (χ0n) is 18.0. The quantitative estimate of drug-likeness (QED) is 0.460. The Morgan fingerprint density at radius 1 is 0.867 bits per heavy atom. The summed E-state index contributed by atoms with van der Waals surface area (Å²) in [5, 5.41) is 27.4. The third kappa shape index (κ3) is 6.94. The Balaban J connectivity index is 0.000000222. The van der Waals surface area contributed by atoms with E-state index in [-0.39, 0.29) is 24.6 Å². The summed E-state index contributed by atoms with van der Waals surface area (Å²) in [5.74, 6) is -0.595. The van der Waals surface area contributed by atoms with Gasteiger partial charge in [0.1, 0.15) is 50.1 Å². The second-order valence-corrected chi connectivity index (χ2v) is 11.6. The Labute approximate surface area is 178 Å². The number of aliphatic hydroxyl groups is 3. The highest BCUT2D eigenvalue weighted by molar-refractivity contribution is 7.43. The number of rotatable bonds is 7. The van der Waals surface area contributed by atoms with E-state index in [2.05, 4.69) is 0 Å². The van der Waals surface area contributed by atoms with Crippen LogP contribution in [0.1, 0.15) is 26.7 Å². The minimum atomic E-state index is -1.32. The molecule has 10 atom stereocenters. The van der Waals surface area contributed by atoms with Gasteiger partial charge in [0, 0.05) is 20.0 Å². The lowest BCUT2D eigenvalue weighted by Gasteiger charge is -2.23. The molecular weight excluding hydrogens is 438 g/mol. The SMILES string of the molecule is CO[C@@H]1O[C@H](CC[P+](C)=O)[C@H]2OC(C)(C)O[C@@H]12.C[P+](=O)CC[C@H]1O[C@@H](O)[C@H](O)[C@@H]1O. The van der Waals surface area contributed by atoms with Gasteiger partial charge in [0.2, 0.25) is 0 Å². The molecular formula is C18H34O10P2+2. The van der Waals surface area contributed by atoms with Crippen molar-refractivity contribution in [3.8, 4) is 0 Å². The smallest absolute Gasteiger partial charge is 0.335 e. The summed E-state index contributed by atoms with van der Waals surface area (Å²) in [7, 11) is -0.816. The van der Waals surface area contributed by atoms with Crippen molar-refractivity contribution in [3.63, 3.8) is 0 Å². The maximum absolute atomic E-state index is 11.2. The van der Waals surface area contributed by atoms with Gasteiger partial charge >= 0.3 is 15.6 Å². The molecule has 3 heterocycles. The van der Waals surface area contributed by atoms with Gasteiger partial charge in [-0.2, -0.15) is 0 Å². The highest BCUT2D eigenvalue weighted by Gasteiger charge is 2.55. The van der Waals surface area contributed by atoms with E-state index in [0.29, 0.717) is 25.2 Å². The standard InChI is InChI=1S/C11H20O5P.C7H14O5P/c1-11(2)15-8-7(5-6-17(4)12)14-10(13-3)9(8)16-11;1-13(11)3-2-4-5(8)6(9)7(10)12-4/h7-10H,5-6H2,1-4H3;4-10H,2-3H2,1H3/q2*+1/t7-,8-,9-,10-;4-,5-,6-,7-/m11/s1. The van der Waals surface area contributed by atoms with Crippen molar-refractivity contribution in [2.45, 2.75) is 81.7 Å². The first-order valence-corrected chi connectivity index (χ1v) is 13.7. The van der Waals surface area contributed by atoms with Gasteiger partial charge in [-0.1, -0.05) is 9.13 Å². The first-order chi connectivity index (χ1) is 13.9. The summed E-state index contributed by atoms with van der Waals surface area (Å²) in [4.78, 5) is 0. The lowest BCUT2D eigenvalue weighted by Crippen LogP contribution is -2.32. The van der Waals surface area contributed by atoms with Gasteiger partial charge in [-0.25, -0.2) is 0 Å². The molecule has 2 unspecified atom stereocenters. The second-order valence-electron chi connectivity index (χ2n) is 8.17. The van der Waals surface area contributed by atoms with Crippen LogP contribution in [0.25, 0.3) is 0 Å². The molecule has 0 bridgehead atoms. The maximum Gasteiger partial charge on any atom is 0.335 e. The number of ether oxygens (including phenoxy) is 5. The van der Waals surface area contributed by atoms with Crippen LogP contribution in [0.5, 0.6) is 0 Å². The predicted octanol–water partition coefficient (Wildman–Crippen LogP) is 0.998. The molecule has 0 spiro atoms. The average molecular weight is 472 g/mol. The monoisotopic (exact) mass is 472 g/mol. The van der Waals surface area contributed by atoms with Crippen molar-refractivity contribution in [1.82, 2.24) is 0 Å². The minimum Gasteiger partial charge on any atom is -0.387 e. The molecule has 0 amide bonds. The van der Waals surface area contributed by atoms with E-state index < -0.39 is 46.0 Å². The summed E-state index contributed by atoms with van der Waals surface area (Å²) < 4.78 is 49.4. The molecule has 10 nitrogen and oxygen atoms in total. The molecule has 3 N–H and O–H groups in total. The van der Waals surface area contributed by atoms with Crippen LogP contribution in [0, 0.1) is 0 Å². The predicted molar refractivity (Wildman–Crippen MR) is 108 cm³/mol. The number of fused-ring (bicyclic) bond motifs is 1. The lowest BCUT2D eigenvalue weighted by molar-refractivity contribution is -0.227. The summed E-state index contributed by atoms with van der Waals surface area (Å²) in [6, 6.07) is 0. The molecule has 0 aliphatic carbocycles. The van der Waals surface area contributed by atoms with Gasteiger partial charge in [0.05, 0.1) is 12.2 Å². The van der Waals surface area contributed by atoms with Crippen molar-refractivity contribution in [1.29, 1.82) is 0 Å². The van der Waals surface area contributed by atoms with E-state index >= 15 is 0 Å². The molecule has 3 fully saturated rings. The largest absolute Gasteiger partial charge is 0.387 e.